The molecule has 2 amide bonds. The average Bonchev–Trinajstić information content (AvgIpc) is 3.34. The first-order valence-corrected chi connectivity index (χ1v) is 23.7. The Labute approximate surface area is 400 Å². The molecule has 0 radical (unpaired) electrons. The maximum Gasteiger partial charge on any atom is 0.246 e. The molecule has 2 saturated heterocycles. The zero-order valence-electron chi connectivity index (χ0n) is 38.0. The lowest BCUT2D eigenvalue weighted by molar-refractivity contribution is -0.119. The smallest absolute Gasteiger partial charge is 0.246 e. The molecule has 0 saturated carbocycles. The third-order valence-corrected chi connectivity index (χ3v) is 12.7. The third-order valence-electron chi connectivity index (χ3n) is 12.1. The van der Waals surface area contributed by atoms with Crippen molar-refractivity contribution >= 4 is 57.8 Å². The molecule has 0 spiro atoms. The lowest BCUT2D eigenvalue weighted by Gasteiger charge is -2.34. The zero-order valence-corrected chi connectivity index (χ0v) is 39.5. The fourth-order valence-electron chi connectivity index (χ4n) is 8.11. The number of rotatable bonds is 16. The van der Waals surface area contributed by atoms with Crippen molar-refractivity contribution in [1.29, 1.82) is 0 Å². The third kappa shape index (κ3) is 14.6. The van der Waals surface area contributed by atoms with Gasteiger partial charge in [0.2, 0.25) is 11.8 Å². The molecule has 2 fully saturated rings. The van der Waals surface area contributed by atoms with Crippen LogP contribution in [-0.2, 0) is 22.4 Å². The summed E-state index contributed by atoms with van der Waals surface area (Å²) in [6.45, 7) is 9.72. The van der Waals surface area contributed by atoms with Crippen LogP contribution in [0.15, 0.2) is 158 Å². The first-order valence-electron chi connectivity index (χ1n) is 22.9. The van der Waals surface area contributed by atoms with Crippen molar-refractivity contribution in [2.45, 2.75) is 24.9 Å². The van der Waals surface area contributed by atoms with Crippen LogP contribution in [0.25, 0.3) is 0 Å². The van der Waals surface area contributed by atoms with Crippen LogP contribution in [0.3, 0.4) is 0 Å². The highest BCUT2D eigenvalue weighted by atomic mass is 35.5. The van der Waals surface area contributed by atoms with E-state index < -0.39 is 12.1 Å². The molecule has 0 aliphatic carbocycles. The summed E-state index contributed by atoms with van der Waals surface area (Å²) in [5.41, 5.74) is 8.25. The fourth-order valence-corrected chi connectivity index (χ4v) is 8.36. The summed E-state index contributed by atoms with van der Waals surface area (Å²) in [5, 5.41) is 14.5. The van der Waals surface area contributed by atoms with Crippen LogP contribution in [0.2, 0.25) is 10.0 Å². The van der Waals surface area contributed by atoms with E-state index in [1.807, 2.05) is 133 Å². The van der Waals surface area contributed by atoms with Gasteiger partial charge in [-0.15, -0.1) is 0 Å². The van der Waals surface area contributed by atoms with E-state index in [-0.39, 0.29) is 11.8 Å². The number of nitrogens with one attached hydrogen (secondary N) is 4. The number of halogens is 2. The van der Waals surface area contributed by atoms with Gasteiger partial charge in [0.1, 0.15) is 12.1 Å². The Bertz CT molecular complexity index is 2200. The number of anilines is 4. The monoisotopic (exact) mass is 924 g/mol. The number of nitrogens with zero attached hydrogens (tertiary/aromatic N) is 4. The van der Waals surface area contributed by atoms with Crippen molar-refractivity contribution in [3.05, 3.63) is 190 Å². The van der Waals surface area contributed by atoms with E-state index in [1.165, 1.54) is 22.5 Å². The van der Waals surface area contributed by atoms with E-state index in [9.17, 15) is 9.59 Å². The van der Waals surface area contributed by atoms with Gasteiger partial charge in [-0.25, -0.2) is 0 Å². The number of hydrogen-bond acceptors (Lipinski definition) is 8. The van der Waals surface area contributed by atoms with Gasteiger partial charge in [0.25, 0.3) is 0 Å². The average molecular weight is 926 g/mol. The minimum atomic E-state index is -0.434. The number of piperazine rings is 2. The van der Waals surface area contributed by atoms with Gasteiger partial charge in [0.05, 0.1) is 0 Å². The van der Waals surface area contributed by atoms with Crippen LogP contribution >= 0.6 is 23.2 Å². The van der Waals surface area contributed by atoms with Crippen molar-refractivity contribution < 1.29 is 9.59 Å². The molecule has 2 aliphatic rings. The Morgan fingerprint density at radius 2 is 0.788 bits per heavy atom. The van der Waals surface area contributed by atoms with Gasteiger partial charge in [0.15, 0.2) is 0 Å². The quantitative estimate of drug-likeness (QED) is 0.0764. The van der Waals surface area contributed by atoms with E-state index in [0.29, 0.717) is 13.1 Å². The second-order valence-electron chi connectivity index (χ2n) is 17.0. The first kappa shape index (κ1) is 48.2. The molecule has 344 valence electrons. The Balaban J connectivity index is 0.000000196. The van der Waals surface area contributed by atoms with Crippen LogP contribution in [0.4, 0.5) is 22.7 Å². The van der Waals surface area contributed by atoms with Gasteiger partial charge in [-0.1, -0.05) is 108 Å². The Morgan fingerprint density at radius 3 is 1.12 bits per heavy atom. The number of carbonyl (C=O) groups excluding carboxylic acids is 2. The van der Waals surface area contributed by atoms with Crippen LogP contribution in [0.1, 0.15) is 34.3 Å². The van der Waals surface area contributed by atoms with E-state index in [1.54, 1.807) is 0 Å². The minimum Gasteiger partial charge on any atom is -0.369 e. The second kappa shape index (κ2) is 24.7. The predicted octanol–water partition coefficient (Wildman–Crippen LogP) is 9.21. The highest BCUT2D eigenvalue weighted by Gasteiger charge is 2.22. The largest absolute Gasteiger partial charge is 0.369 e. The molecule has 0 aromatic heterocycles. The molecule has 66 heavy (non-hydrogen) atoms. The Morgan fingerprint density at radius 1 is 0.455 bits per heavy atom. The summed E-state index contributed by atoms with van der Waals surface area (Å²) < 4.78 is 0. The Hall–Kier alpha value is -5.72. The van der Waals surface area contributed by atoms with E-state index >= 15 is 0 Å². The molecule has 12 heteroatoms. The Kier molecular flexibility index (Phi) is 18.0. The van der Waals surface area contributed by atoms with Crippen molar-refractivity contribution in [3.63, 3.8) is 0 Å². The second-order valence-corrected chi connectivity index (χ2v) is 17.9. The van der Waals surface area contributed by atoms with E-state index in [4.69, 9.17) is 23.2 Å². The SMILES string of the molecule is CN1CCN(c2ccc(NC(=O)[C@@H](NCCc3ccc(Cl)cc3)c3ccccc3)cc2)CC1.CN1CCN(c2ccc(NC(=O)[C@H](NCCc3ccc(Cl)cc3)c3ccccc3)cc2)CC1. The predicted molar refractivity (Wildman–Crippen MR) is 274 cm³/mol. The number of likely N-dealkylation sites (N-methyl/N-ethyl adjacent to an activating group) is 2. The zero-order chi connectivity index (χ0) is 46.1. The minimum absolute atomic E-state index is 0.0651. The molecule has 0 unspecified atom stereocenters. The number of amides is 2. The maximum absolute atomic E-state index is 13.2. The number of benzene rings is 6. The molecule has 6 aromatic carbocycles. The number of hydrogen-bond donors (Lipinski definition) is 4. The van der Waals surface area contributed by atoms with Crippen molar-refractivity contribution in [1.82, 2.24) is 20.4 Å². The van der Waals surface area contributed by atoms with Gasteiger partial charge in [-0.3, -0.25) is 9.59 Å². The summed E-state index contributed by atoms with van der Waals surface area (Å²) in [4.78, 5) is 35.9. The van der Waals surface area contributed by atoms with Gasteiger partial charge in [0, 0.05) is 98.2 Å². The molecular weight excluding hydrogens is 864 g/mol. The topological polar surface area (TPSA) is 95.2 Å². The molecule has 10 nitrogen and oxygen atoms in total. The van der Waals surface area contributed by atoms with Gasteiger partial charge < -0.3 is 40.9 Å². The van der Waals surface area contributed by atoms with Gasteiger partial charge in [-0.05, 0) is 122 Å². The van der Waals surface area contributed by atoms with Crippen molar-refractivity contribution in [3.8, 4) is 0 Å². The fraction of sp³-hybridized carbons (Fsp3) is 0.296. The first-order chi connectivity index (χ1) is 32.2. The molecule has 2 aliphatic heterocycles. The molecule has 2 atom stereocenters. The van der Waals surface area contributed by atoms with E-state index in [0.717, 1.165) is 97.7 Å². The normalized spacial score (nSPS) is 15.3. The van der Waals surface area contributed by atoms with E-state index in [2.05, 4.69) is 79.2 Å². The summed E-state index contributed by atoms with van der Waals surface area (Å²) >= 11 is 12.0. The van der Waals surface area contributed by atoms with Crippen LogP contribution in [0.5, 0.6) is 0 Å². The van der Waals surface area contributed by atoms with Crippen LogP contribution in [-0.4, -0.2) is 101 Å². The summed E-state index contributed by atoms with van der Waals surface area (Å²) in [5.74, 6) is -0.130. The van der Waals surface area contributed by atoms with Crippen molar-refractivity contribution in [2.24, 2.45) is 0 Å². The summed E-state index contributed by atoms with van der Waals surface area (Å²) in [6, 6.07) is 50.8. The van der Waals surface area contributed by atoms with Gasteiger partial charge >= 0.3 is 0 Å². The summed E-state index contributed by atoms with van der Waals surface area (Å²) in [7, 11) is 4.31. The molecule has 6 aromatic rings. The molecule has 2 heterocycles. The molecule has 0 bridgehead atoms. The lowest BCUT2D eigenvalue weighted by atomic mass is 10.1. The van der Waals surface area contributed by atoms with Gasteiger partial charge in [-0.2, -0.15) is 0 Å². The molecule has 8 rings (SSSR count). The van der Waals surface area contributed by atoms with Crippen molar-refractivity contribution in [2.75, 3.05) is 100.0 Å². The summed E-state index contributed by atoms with van der Waals surface area (Å²) in [6.07, 6.45) is 1.63. The van der Waals surface area contributed by atoms with Crippen LogP contribution in [0, 0.1) is 0 Å². The highest BCUT2D eigenvalue weighted by Crippen LogP contribution is 2.24. The molecule has 4 N–H and O–H groups in total. The van der Waals surface area contributed by atoms with Crippen LogP contribution < -0.4 is 31.1 Å². The molecular formula is C54H62Cl2N8O2. The number of carbonyl (C=O) groups is 2. The standard InChI is InChI=1S/2C27H31ClN4O/c2*1-31-17-19-32(20-18-31)25-13-11-24(12-14-25)30-27(33)26(22-5-3-2-4-6-22)29-16-15-21-7-9-23(28)10-8-21/h2*2-14,26,29H,15-20H2,1H3,(H,30,33)/t2*26-/m10/s1. The lowest BCUT2D eigenvalue weighted by Crippen LogP contribution is -2.44. The maximum atomic E-state index is 13.2. The highest BCUT2D eigenvalue weighted by molar-refractivity contribution is 6.30.